The molecule has 0 unspecified atom stereocenters. The van der Waals surface area contributed by atoms with E-state index in [9.17, 15) is 39.0 Å². The molecule has 406 valence electrons. The smallest absolute Gasteiger partial charge is 0.335 e. The van der Waals surface area contributed by atoms with Gasteiger partial charge in [-0.1, -0.05) is 63.5 Å². The lowest BCUT2D eigenvalue weighted by Gasteiger charge is -2.32. The SMILES string of the molecule is CC1(C)CCC(C(=O)O)=C(NC(=O)CCc2nc(-c3ccc(O)cn3)no2)C1.CC1(C)CCCC(=O)C1.CC1=CC(=O)CCC1.COC(=O)C1=C(N)CC(C)(C)CC1.Cc1ccc(-c2noc(CCC(=O)O)n2)nc1. The second-order valence-corrected chi connectivity index (χ2v) is 21.6. The Morgan fingerprint density at radius 1 is 0.707 bits per heavy atom. The van der Waals surface area contributed by atoms with E-state index in [4.69, 9.17) is 19.9 Å². The van der Waals surface area contributed by atoms with Crippen LogP contribution in [0.3, 0.4) is 0 Å². The molecule has 1 fully saturated rings. The number of aliphatic carboxylic acids is 2. The van der Waals surface area contributed by atoms with E-state index in [1.807, 2.05) is 19.9 Å². The number of hydrogen-bond donors (Lipinski definition) is 5. The van der Waals surface area contributed by atoms with Gasteiger partial charge in [0.05, 0.1) is 30.9 Å². The number of pyridine rings is 2. The standard InChI is InChI=1S/C19H22N4O5.C11H11N3O3.C10H17NO2.C8H14O.C7H10O/c1-19(2)8-7-12(18(26)27)14(9-19)21-15(25)5-6-16-22-17(23-28-16)13-4-3-11(24)10-20-13;1-7-2-3-8(12-6-7)11-13-9(17-14-11)4-5-10(15)16;1-10(2)5-4-7(8(11)6-10)9(12)13-3;1-8(2)5-3-4-7(9)6-8;1-6-3-2-4-7(8)5-6/h3-4,10,24H,5-9H2,1-2H3,(H,21,25)(H,26,27);2-3,6H,4-5H2,1H3,(H,15,16);4-6,11H2,1-3H3;3-6H2,1-2H3;5H,2-4H2,1H3. The van der Waals surface area contributed by atoms with Gasteiger partial charge in [0.15, 0.2) is 5.78 Å². The van der Waals surface area contributed by atoms with Crippen molar-refractivity contribution in [3.63, 3.8) is 0 Å². The first-order valence-corrected chi connectivity index (χ1v) is 25.2. The summed E-state index contributed by atoms with van der Waals surface area (Å²) >= 11 is 0. The lowest BCUT2D eigenvalue weighted by atomic mass is 9.76. The lowest BCUT2D eigenvalue weighted by Crippen LogP contribution is -2.32. The number of methoxy groups -OCH3 is 1. The van der Waals surface area contributed by atoms with Crippen molar-refractivity contribution in [3.8, 4) is 28.8 Å². The summed E-state index contributed by atoms with van der Waals surface area (Å²) in [6.07, 6.45) is 16.4. The normalized spacial score (nSPS) is 17.4. The van der Waals surface area contributed by atoms with Crippen LogP contribution in [0.5, 0.6) is 5.75 Å². The van der Waals surface area contributed by atoms with Crippen molar-refractivity contribution in [2.24, 2.45) is 22.0 Å². The van der Waals surface area contributed by atoms with Crippen LogP contribution in [0.25, 0.3) is 23.0 Å². The number of ketones is 2. The largest absolute Gasteiger partial charge is 0.506 e. The predicted octanol–water partition coefficient (Wildman–Crippen LogP) is 9.32. The number of nitrogens with zero attached hydrogens (tertiary/aromatic N) is 6. The van der Waals surface area contributed by atoms with Crippen LogP contribution in [-0.2, 0) is 46.3 Å². The summed E-state index contributed by atoms with van der Waals surface area (Å²) in [5.74, 6) is -0.439. The van der Waals surface area contributed by atoms with Gasteiger partial charge in [0.25, 0.3) is 0 Å². The van der Waals surface area contributed by atoms with Crippen LogP contribution in [0.2, 0.25) is 0 Å². The van der Waals surface area contributed by atoms with Crippen LogP contribution >= 0.6 is 0 Å². The number of hydrogen-bond acceptors (Lipinski definition) is 17. The van der Waals surface area contributed by atoms with Crippen LogP contribution in [0.4, 0.5) is 0 Å². The number of amides is 1. The number of carbonyl (C=O) groups is 6. The first-order valence-electron chi connectivity index (χ1n) is 25.2. The number of nitrogens with two attached hydrogens (primary N) is 1. The van der Waals surface area contributed by atoms with Gasteiger partial charge >= 0.3 is 17.9 Å². The van der Waals surface area contributed by atoms with Gasteiger partial charge in [-0.2, -0.15) is 9.97 Å². The predicted molar refractivity (Wildman–Crippen MR) is 277 cm³/mol. The topological polar surface area (TPSA) is 314 Å². The molecule has 0 aromatic carbocycles. The Morgan fingerprint density at radius 3 is 1.75 bits per heavy atom. The molecule has 4 aliphatic rings. The Labute approximate surface area is 438 Å². The molecule has 20 heteroatoms. The molecule has 4 aliphatic carbocycles. The van der Waals surface area contributed by atoms with Crippen LogP contribution in [0, 0.1) is 23.2 Å². The summed E-state index contributed by atoms with van der Waals surface area (Å²) in [4.78, 5) is 83.2. The molecule has 0 atom stereocenters. The minimum atomic E-state index is -0.992. The zero-order chi connectivity index (χ0) is 55.5. The molecule has 4 aromatic heterocycles. The third kappa shape index (κ3) is 21.2. The molecule has 4 heterocycles. The van der Waals surface area contributed by atoms with Crippen LogP contribution in [0.15, 0.2) is 79.9 Å². The van der Waals surface area contributed by atoms with Crippen molar-refractivity contribution in [1.82, 2.24) is 35.6 Å². The molecule has 6 N–H and O–H groups in total. The molecule has 4 aromatic rings. The molecule has 0 aliphatic heterocycles. The Morgan fingerprint density at radius 2 is 1.28 bits per heavy atom. The van der Waals surface area contributed by atoms with Gasteiger partial charge in [-0.05, 0) is 124 Å². The van der Waals surface area contributed by atoms with Crippen molar-refractivity contribution < 1.29 is 57.9 Å². The molecule has 0 radical (unpaired) electrons. The van der Waals surface area contributed by atoms with Gasteiger partial charge in [0, 0.05) is 56.1 Å². The zero-order valence-electron chi connectivity index (χ0n) is 44.8. The Kier molecular flexibility index (Phi) is 22.3. The number of carboxylic acid groups (broad SMARTS) is 2. The number of Topliss-reactive ketones (excluding diaryl/α,β-unsaturated/α-hetero) is 1. The van der Waals surface area contributed by atoms with E-state index in [1.165, 1.54) is 31.4 Å². The van der Waals surface area contributed by atoms with Gasteiger partial charge in [-0.3, -0.25) is 24.2 Å². The summed E-state index contributed by atoms with van der Waals surface area (Å²) in [6.45, 7) is 16.7. The number of aromatic hydroxyl groups is 1. The van der Waals surface area contributed by atoms with Crippen molar-refractivity contribution >= 4 is 35.4 Å². The average molecular weight is 1040 g/mol. The van der Waals surface area contributed by atoms with Crippen LogP contribution in [0.1, 0.15) is 162 Å². The number of esters is 1. The first-order chi connectivity index (χ1) is 35.2. The average Bonchev–Trinajstić information content (AvgIpc) is 4.01. The number of aryl methyl sites for hydroxylation is 3. The van der Waals surface area contributed by atoms with E-state index in [-0.39, 0.29) is 71.4 Å². The zero-order valence-corrected chi connectivity index (χ0v) is 44.8. The van der Waals surface area contributed by atoms with Gasteiger partial charge in [0.1, 0.15) is 22.9 Å². The van der Waals surface area contributed by atoms with E-state index in [2.05, 4.69) is 81.8 Å². The molecule has 20 nitrogen and oxygen atoms in total. The third-order valence-corrected chi connectivity index (χ3v) is 12.7. The van der Waals surface area contributed by atoms with Crippen LogP contribution in [-0.4, -0.2) is 88.1 Å². The summed E-state index contributed by atoms with van der Waals surface area (Å²) in [7, 11) is 1.39. The van der Waals surface area contributed by atoms with Crippen molar-refractivity contribution in [2.45, 2.75) is 165 Å². The van der Waals surface area contributed by atoms with Crippen molar-refractivity contribution in [2.75, 3.05) is 7.11 Å². The second kappa shape index (κ2) is 27.8. The molecular weight excluding hydrogens is 965 g/mol. The molecule has 1 saturated carbocycles. The van der Waals surface area contributed by atoms with Gasteiger partial charge in [-0.15, -0.1) is 0 Å². The number of allylic oxidation sites excluding steroid dienone is 4. The van der Waals surface area contributed by atoms with E-state index in [1.54, 1.807) is 24.4 Å². The van der Waals surface area contributed by atoms with E-state index in [0.717, 1.165) is 69.8 Å². The highest BCUT2D eigenvalue weighted by Gasteiger charge is 2.32. The molecule has 0 bridgehead atoms. The summed E-state index contributed by atoms with van der Waals surface area (Å²) in [6, 6.07) is 6.71. The Hall–Kier alpha value is -7.38. The summed E-state index contributed by atoms with van der Waals surface area (Å²) in [5, 5.41) is 37.5. The van der Waals surface area contributed by atoms with E-state index >= 15 is 0 Å². The number of nitrogens with one attached hydrogen (secondary N) is 1. The first kappa shape index (κ1) is 60.2. The maximum atomic E-state index is 12.3. The molecule has 0 spiro atoms. The van der Waals surface area contributed by atoms with Gasteiger partial charge in [-0.25, -0.2) is 14.6 Å². The van der Waals surface area contributed by atoms with Gasteiger partial charge < -0.3 is 40.2 Å². The molecule has 8 rings (SSSR count). The minimum absolute atomic E-state index is 0.0248. The highest BCUT2D eigenvalue weighted by Crippen LogP contribution is 2.38. The monoisotopic (exact) mass is 1040 g/mol. The fourth-order valence-electron chi connectivity index (χ4n) is 8.47. The third-order valence-electron chi connectivity index (χ3n) is 12.7. The second-order valence-electron chi connectivity index (χ2n) is 21.6. The molecular formula is C55H74N8O12. The highest BCUT2D eigenvalue weighted by molar-refractivity contribution is 5.91. The number of carboxylic acids is 2. The number of rotatable bonds is 11. The fraction of sp³-hybridized carbons (Fsp3) is 0.527. The minimum Gasteiger partial charge on any atom is -0.506 e. The molecule has 1 amide bonds. The fourth-order valence-corrected chi connectivity index (χ4v) is 8.47. The van der Waals surface area contributed by atoms with Crippen molar-refractivity contribution in [1.29, 1.82) is 0 Å². The maximum absolute atomic E-state index is 12.3. The van der Waals surface area contributed by atoms with E-state index in [0.29, 0.717) is 69.9 Å². The molecule has 0 saturated heterocycles. The highest BCUT2D eigenvalue weighted by atomic mass is 16.5. The Balaban J connectivity index is 0.000000221. The Bertz CT molecular complexity index is 2710. The number of aromatic nitrogens is 6. The van der Waals surface area contributed by atoms with Crippen molar-refractivity contribution in [3.05, 3.63) is 88.2 Å². The summed E-state index contributed by atoms with van der Waals surface area (Å²) in [5.41, 5.74) is 11.7. The number of ether oxygens (including phenoxy) is 1. The lowest BCUT2D eigenvalue weighted by molar-refractivity contribution is -0.137. The van der Waals surface area contributed by atoms with Gasteiger partial charge in [0.2, 0.25) is 29.3 Å². The quantitative estimate of drug-likeness (QED) is 0.0873. The maximum Gasteiger partial charge on any atom is 0.335 e. The van der Waals surface area contributed by atoms with E-state index < -0.39 is 11.9 Å². The van der Waals surface area contributed by atoms with Crippen LogP contribution < -0.4 is 11.1 Å². The summed E-state index contributed by atoms with van der Waals surface area (Å²) < 4.78 is 14.7. The molecule has 75 heavy (non-hydrogen) atoms. The number of carbonyl (C=O) groups excluding carboxylic acids is 4.